The number of carbonyl (C=O) groups excluding carboxylic acids is 5. The van der Waals surface area contributed by atoms with Gasteiger partial charge in [-0.15, -0.1) is 13.2 Å². The Morgan fingerprint density at radius 1 is 0.920 bits per heavy atom. The summed E-state index contributed by atoms with van der Waals surface area (Å²) in [5, 5.41) is 14.6. The number of nitrogens with zero attached hydrogens (tertiary/aromatic N) is 1. The molecule has 0 aromatic carbocycles. The lowest BCUT2D eigenvalue weighted by Gasteiger charge is -2.39. The van der Waals surface area contributed by atoms with E-state index in [1.54, 1.807) is 6.08 Å². The Kier molecular flexibility index (Phi) is 18.4. The molecular formula is C36H64N7O6S+. The molecular weight excluding hydrogens is 659 g/mol. The number of amides is 5. The molecule has 1 heterocycles. The first-order chi connectivity index (χ1) is 23.3. The van der Waals surface area contributed by atoms with Gasteiger partial charge < -0.3 is 31.5 Å². The van der Waals surface area contributed by atoms with E-state index in [1.165, 1.54) is 11.0 Å². The predicted molar refractivity (Wildman–Crippen MR) is 199 cm³/mol. The molecule has 50 heavy (non-hydrogen) atoms. The van der Waals surface area contributed by atoms with Crippen molar-refractivity contribution in [2.75, 3.05) is 32.7 Å². The molecule has 5 atom stereocenters. The normalized spacial score (nSPS) is 18.3. The van der Waals surface area contributed by atoms with Gasteiger partial charge in [-0.05, 0) is 52.7 Å². The lowest BCUT2D eigenvalue weighted by atomic mass is 9.74. The van der Waals surface area contributed by atoms with E-state index in [4.69, 9.17) is 0 Å². The molecule has 0 aromatic rings. The zero-order chi connectivity index (χ0) is 38.3. The fourth-order valence-corrected chi connectivity index (χ4v) is 6.16. The summed E-state index contributed by atoms with van der Waals surface area (Å²) >= 11 is 0.329. The Labute approximate surface area is 304 Å². The van der Waals surface area contributed by atoms with E-state index in [1.807, 2.05) is 62.3 Å². The number of allylic oxidation sites excluding steroid dienone is 1. The first-order valence-corrected chi connectivity index (χ1v) is 18.5. The molecule has 1 unspecified atom stereocenters. The Bertz CT molecular complexity index is 1200. The lowest BCUT2D eigenvalue weighted by molar-refractivity contribution is -0.145. The smallest absolute Gasteiger partial charge is 0.346 e. The summed E-state index contributed by atoms with van der Waals surface area (Å²) in [7, 11) is 0. The molecule has 0 spiro atoms. The number of likely N-dealkylation sites (tertiary alicyclic amines) is 1. The second-order valence-electron chi connectivity index (χ2n) is 15.8. The molecule has 13 nitrogen and oxygen atoms in total. The summed E-state index contributed by atoms with van der Waals surface area (Å²) < 4.78 is 13.2. The fourth-order valence-electron chi connectivity index (χ4n) is 5.93. The Balaban J connectivity index is 3.36. The van der Waals surface area contributed by atoms with E-state index in [9.17, 15) is 28.2 Å². The highest BCUT2D eigenvalue weighted by Crippen LogP contribution is 2.41. The zero-order valence-electron chi connectivity index (χ0n) is 31.8. The molecule has 0 aliphatic carbocycles. The topological polar surface area (TPSA) is 178 Å². The van der Waals surface area contributed by atoms with Gasteiger partial charge in [0.2, 0.25) is 17.6 Å². The SMILES string of the molecule is C=CCNC(=O)C(=O)C(CCCC)NC(=O)[C@@H]1[C@@H](C(C)(C)C=C)CCN1C(=O)[C@@H](NC(=O)N[C@H](CNCCCN[S+]=O)C(C)(C)C)C(C)(C)C. The van der Waals surface area contributed by atoms with Gasteiger partial charge in [0.05, 0.1) is 16.8 Å². The molecule has 5 amide bonds. The zero-order valence-corrected chi connectivity index (χ0v) is 32.6. The standard InChI is InChI=1S/C36H63N7O6S/c1-12-15-17-25(28(44)31(46)38-19-13-2)40-30(45)27-24(36(10,11)14-3)18-22-43(27)32(47)29(35(7,8)9)42-33(48)41-26(34(4,5)6)23-37-20-16-21-39-50-49/h13-14,24-27,29,37H,2-3,12,15-23H2,1,4-11H3,(H4-,38,39,40,41,42,45,46,48,49)/p+1/t24-,25?,26+,27-,29+/m0/s1. The summed E-state index contributed by atoms with van der Waals surface area (Å²) in [6.07, 6.45) is 6.09. The van der Waals surface area contributed by atoms with Crippen LogP contribution in [0.3, 0.4) is 0 Å². The molecule has 0 saturated carbocycles. The number of urea groups is 1. The molecule has 1 rings (SSSR count). The second-order valence-corrected chi connectivity index (χ2v) is 16.3. The van der Waals surface area contributed by atoms with Gasteiger partial charge in [0.1, 0.15) is 12.1 Å². The number of ketones is 1. The Hall–Kier alpha value is -3.23. The van der Waals surface area contributed by atoms with Crippen LogP contribution in [0.1, 0.15) is 94.4 Å². The van der Waals surface area contributed by atoms with Gasteiger partial charge in [0, 0.05) is 25.7 Å². The Morgan fingerprint density at radius 2 is 1.58 bits per heavy atom. The van der Waals surface area contributed by atoms with E-state index in [0.29, 0.717) is 44.3 Å². The van der Waals surface area contributed by atoms with Crippen molar-refractivity contribution >= 4 is 41.4 Å². The average molecular weight is 723 g/mol. The monoisotopic (exact) mass is 722 g/mol. The number of rotatable bonds is 21. The van der Waals surface area contributed by atoms with E-state index >= 15 is 0 Å². The quantitative estimate of drug-likeness (QED) is 0.0347. The Morgan fingerprint density at radius 3 is 2.12 bits per heavy atom. The van der Waals surface area contributed by atoms with Crippen LogP contribution >= 0.6 is 0 Å². The van der Waals surface area contributed by atoms with Crippen molar-refractivity contribution in [1.82, 2.24) is 36.2 Å². The average Bonchev–Trinajstić information content (AvgIpc) is 3.50. The van der Waals surface area contributed by atoms with Crippen LogP contribution in [0, 0.1) is 22.2 Å². The van der Waals surface area contributed by atoms with Crippen LogP contribution in [0.15, 0.2) is 25.3 Å². The van der Waals surface area contributed by atoms with Crippen molar-refractivity contribution in [3.05, 3.63) is 25.3 Å². The van der Waals surface area contributed by atoms with Crippen LogP contribution < -0.4 is 31.3 Å². The summed E-state index contributed by atoms with van der Waals surface area (Å²) in [4.78, 5) is 69.5. The van der Waals surface area contributed by atoms with Crippen molar-refractivity contribution in [2.45, 2.75) is 119 Å². The third kappa shape index (κ3) is 13.8. The van der Waals surface area contributed by atoms with Gasteiger partial charge in [-0.3, -0.25) is 19.2 Å². The van der Waals surface area contributed by atoms with Gasteiger partial charge in [0.15, 0.2) is 0 Å². The van der Waals surface area contributed by atoms with Gasteiger partial charge in [0.25, 0.3) is 5.91 Å². The number of hydrogen-bond acceptors (Lipinski definition) is 7. The van der Waals surface area contributed by atoms with Crippen LogP contribution in [0.2, 0.25) is 0 Å². The van der Waals surface area contributed by atoms with Crippen molar-refractivity contribution in [3.63, 3.8) is 0 Å². The highest BCUT2D eigenvalue weighted by Gasteiger charge is 2.50. The maximum Gasteiger partial charge on any atom is 0.587 e. The third-order valence-electron chi connectivity index (χ3n) is 9.32. The molecule has 284 valence electrons. The van der Waals surface area contributed by atoms with E-state index in [-0.39, 0.29) is 36.9 Å². The van der Waals surface area contributed by atoms with Crippen LogP contribution in [0.5, 0.6) is 0 Å². The summed E-state index contributed by atoms with van der Waals surface area (Å²) in [6, 6.07) is -3.83. The van der Waals surface area contributed by atoms with Crippen molar-refractivity contribution < 1.29 is 28.2 Å². The van der Waals surface area contributed by atoms with Gasteiger partial charge in [-0.1, -0.05) is 87.3 Å². The van der Waals surface area contributed by atoms with Crippen LogP contribution in [0.4, 0.5) is 4.79 Å². The van der Waals surface area contributed by atoms with Gasteiger partial charge in [-0.2, -0.15) is 0 Å². The van der Waals surface area contributed by atoms with Crippen LogP contribution in [0.25, 0.3) is 0 Å². The number of hydrogen-bond donors (Lipinski definition) is 6. The first-order valence-electron chi connectivity index (χ1n) is 17.7. The number of unbranched alkanes of at least 4 members (excludes halogenated alkanes) is 1. The van der Waals surface area contributed by atoms with E-state index < -0.39 is 58.5 Å². The first kappa shape index (κ1) is 44.8. The molecule has 0 aromatic heterocycles. The minimum atomic E-state index is -1.07. The molecule has 1 aliphatic rings. The van der Waals surface area contributed by atoms with E-state index in [0.717, 1.165) is 12.8 Å². The number of carbonyl (C=O) groups is 5. The molecule has 1 fully saturated rings. The van der Waals surface area contributed by atoms with Crippen molar-refractivity contribution in [2.24, 2.45) is 22.2 Å². The minimum Gasteiger partial charge on any atom is -0.346 e. The van der Waals surface area contributed by atoms with Crippen molar-refractivity contribution in [3.8, 4) is 0 Å². The second kappa shape index (κ2) is 20.6. The largest absolute Gasteiger partial charge is 0.587 e. The number of nitrogens with one attached hydrogen (secondary N) is 6. The molecule has 1 aliphatic heterocycles. The lowest BCUT2D eigenvalue weighted by Crippen LogP contribution is -2.62. The van der Waals surface area contributed by atoms with Crippen molar-refractivity contribution in [1.29, 1.82) is 0 Å². The summed E-state index contributed by atoms with van der Waals surface area (Å²) in [5.41, 5.74) is -1.60. The van der Waals surface area contributed by atoms with E-state index in [2.05, 4.69) is 44.5 Å². The third-order valence-corrected chi connectivity index (χ3v) is 9.64. The highest BCUT2D eigenvalue weighted by molar-refractivity contribution is 7.63. The predicted octanol–water partition coefficient (Wildman–Crippen LogP) is 3.00. The summed E-state index contributed by atoms with van der Waals surface area (Å²) in [6.45, 7) is 27.1. The number of Topliss-reactive ketones (excluding diaryl/α,β-unsaturated/α-hetero) is 1. The van der Waals surface area contributed by atoms with Crippen LogP contribution in [-0.4, -0.2) is 91.3 Å². The minimum absolute atomic E-state index is 0.113. The molecule has 1 saturated heterocycles. The summed E-state index contributed by atoms with van der Waals surface area (Å²) in [5.74, 6) is -2.84. The van der Waals surface area contributed by atoms with Gasteiger partial charge >= 0.3 is 17.9 Å². The molecule has 14 heteroatoms. The molecule has 0 bridgehead atoms. The van der Waals surface area contributed by atoms with Crippen LogP contribution in [-0.2, 0) is 35.2 Å². The van der Waals surface area contributed by atoms with Gasteiger partial charge in [-0.25, -0.2) is 4.79 Å². The highest BCUT2D eigenvalue weighted by atomic mass is 32.2. The maximum atomic E-state index is 14.5. The maximum absolute atomic E-state index is 14.5. The molecule has 0 radical (unpaired) electrons. The molecule has 6 N–H and O–H groups in total. The fraction of sp³-hybridized carbons (Fsp3) is 0.750.